The zero-order valence-corrected chi connectivity index (χ0v) is 16.5. The van der Waals surface area contributed by atoms with Crippen LogP contribution in [0.3, 0.4) is 0 Å². The SMILES string of the molecule is O=C(CCc1cccc(-c2cn[nH]c2)c1)c1cccn(Cc2ccc(F)c(F)c2)c1=O. The zero-order valence-electron chi connectivity index (χ0n) is 16.5. The summed E-state index contributed by atoms with van der Waals surface area (Å²) >= 11 is 0. The molecule has 1 N–H and O–H groups in total. The van der Waals surface area contributed by atoms with Crippen molar-refractivity contribution in [2.45, 2.75) is 19.4 Å². The van der Waals surface area contributed by atoms with Gasteiger partial charge in [-0.15, -0.1) is 0 Å². The first-order valence-corrected chi connectivity index (χ1v) is 9.76. The van der Waals surface area contributed by atoms with Crippen molar-refractivity contribution in [3.8, 4) is 11.1 Å². The van der Waals surface area contributed by atoms with Gasteiger partial charge in [-0.3, -0.25) is 14.7 Å². The number of ketones is 1. The molecule has 0 atom stereocenters. The molecule has 2 aromatic carbocycles. The number of carbonyl (C=O) groups excluding carboxylic acids is 1. The van der Waals surface area contributed by atoms with Gasteiger partial charge in [0.05, 0.1) is 18.3 Å². The number of Topliss-reactive ketones (excluding diaryl/α,β-unsaturated/α-hetero) is 1. The van der Waals surface area contributed by atoms with Crippen LogP contribution in [0.15, 0.2) is 78.0 Å². The Balaban J connectivity index is 1.48. The number of aromatic nitrogens is 3. The van der Waals surface area contributed by atoms with E-state index in [0.29, 0.717) is 12.0 Å². The molecule has 0 saturated heterocycles. The maximum atomic E-state index is 13.4. The van der Waals surface area contributed by atoms with Crippen LogP contribution in [-0.4, -0.2) is 20.5 Å². The summed E-state index contributed by atoms with van der Waals surface area (Å²) in [5.41, 5.74) is 2.98. The molecule has 0 spiro atoms. The number of rotatable bonds is 7. The van der Waals surface area contributed by atoms with Gasteiger partial charge in [0.25, 0.3) is 5.56 Å². The maximum Gasteiger partial charge on any atom is 0.261 e. The van der Waals surface area contributed by atoms with Gasteiger partial charge in [-0.25, -0.2) is 8.78 Å². The first-order valence-electron chi connectivity index (χ1n) is 9.76. The Morgan fingerprint density at radius 3 is 2.61 bits per heavy atom. The fourth-order valence-electron chi connectivity index (χ4n) is 3.42. The second kappa shape index (κ2) is 8.87. The first-order chi connectivity index (χ1) is 15.0. The second-order valence-corrected chi connectivity index (χ2v) is 7.21. The average Bonchev–Trinajstić information content (AvgIpc) is 3.31. The van der Waals surface area contributed by atoms with Crippen molar-refractivity contribution < 1.29 is 13.6 Å². The number of hydrogen-bond donors (Lipinski definition) is 1. The monoisotopic (exact) mass is 419 g/mol. The summed E-state index contributed by atoms with van der Waals surface area (Å²) in [5, 5.41) is 6.72. The van der Waals surface area contributed by atoms with Crippen LogP contribution in [-0.2, 0) is 13.0 Å². The molecule has 0 radical (unpaired) electrons. The predicted molar refractivity (Wildman–Crippen MR) is 113 cm³/mol. The lowest BCUT2D eigenvalue weighted by Crippen LogP contribution is -2.26. The smallest absolute Gasteiger partial charge is 0.261 e. The fraction of sp³-hybridized carbons (Fsp3) is 0.125. The van der Waals surface area contributed by atoms with E-state index in [1.165, 1.54) is 22.9 Å². The Kier molecular flexibility index (Phi) is 5.84. The minimum Gasteiger partial charge on any atom is -0.310 e. The molecule has 0 saturated carbocycles. The van der Waals surface area contributed by atoms with Crippen LogP contribution in [0.4, 0.5) is 8.78 Å². The third kappa shape index (κ3) is 4.66. The van der Waals surface area contributed by atoms with E-state index < -0.39 is 17.2 Å². The summed E-state index contributed by atoms with van der Waals surface area (Å²) in [5.74, 6) is -2.19. The normalized spacial score (nSPS) is 10.9. The number of carbonyl (C=O) groups is 1. The van der Waals surface area contributed by atoms with Crippen molar-refractivity contribution in [1.82, 2.24) is 14.8 Å². The number of benzene rings is 2. The number of nitrogens with one attached hydrogen (secondary N) is 1. The van der Waals surface area contributed by atoms with Crippen molar-refractivity contribution in [1.29, 1.82) is 0 Å². The van der Waals surface area contributed by atoms with E-state index in [0.717, 1.165) is 28.8 Å². The summed E-state index contributed by atoms with van der Waals surface area (Å²) in [7, 11) is 0. The van der Waals surface area contributed by atoms with Gasteiger partial charge in [-0.2, -0.15) is 5.10 Å². The molecule has 4 rings (SSSR count). The quantitative estimate of drug-likeness (QED) is 0.452. The molecule has 4 aromatic rings. The van der Waals surface area contributed by atoms with Crippen LogP contribution in [0.1, 0.15) is 27.9 Å². The van der Waals surface area contributed by atoms with Crippen LogP contribution in [0.2, 0.25) is 0 Å². The van der Waals surface area contributed by atoms with E-state index in [2.05, 4.69) is 10.2 Å². The number of nitrogens with zero attached hydrogens (tertiary/aromatic N) is 2. The molecule has 0 amide bonds. The summed E-state index contributed by atoms with van der Waals surface area (Å²) < 4.78 is 27.9. The average molecular weight is 419 g/mol. The van der Waals surface area contributed by atoms with E-state index in [1.807, 2.05) is 24.3 Å². The number of aromatic amines is 1. The van der Waals surface area contributed by atoms with Gasteiger partial charge in [-0.1, -0.05) is 30.3 Å². The Hall–Kier alpha value is -3.87. The molecule has 2 aromatic heterocycles. The topological polar surface area (TPSA) is 67.8 Å². The zero-order chi connectivity index (χ0) is 21.8. The molecule has 0 aliphatic carbocycles. The largest absolute Gasteiger partial charge is 0.310 e. The fourth-order valence-corrected chi connectivity index (χ4v) is 3.42. The summed E-state index contributed by atoms with van der Waals surface area (Å²) in [6.45, 7) is 0.0455. The molecule has 7 heteroatoms. The number of H-pyrrole nitrogens is 1. The predicted octanol–water partition coefficient (Wildman–Crippen LogP) is 4.38. The van der Waals surface area contributed by atoms with Crippen molar-refractivity contribution in [3.63, 3.8) is 0 Å². The summed E-state index contributed by atoms with van der Waals surface area (Å²) in [4.78, 5) is 25.5. The Labute approximate surface area is 177 Å². The van der Waals surface area contributed by atoms with Gasteiger partial charge in [0.2, 0.25) is 0 Å². The van der Waals surface area contributed by atoms with E-state index in [1.54, 1.807) is 18.5 Å². The van der Waals surface area contributed by atoms with E-state index in [4.69, 9.17) is 0 Å². The Morgan fingerprint density at radius 1 is 0.968 bits per heavy atom. The first kappa shape index (κ1) is 20.4. The maximum absolute atomic E-state index is 13.4. The van der Waals surface area contributed by atoms with Gasteiger partial charge in [0.15, 0.2) is 17.4 Å². The van der Waals surface area contributed by atoms with E-state index >= 15 is 0 Å². The molecular formula is C24H19F2N3O2. The second-order valence-electron chi connectivity index (χ2n) is 7.21. The number of pyridine rings is 1. The van der Waals surface area contributed by atoms with Gasteiger partial charge in [0.1, 0.15) is 0 Å². The van der Waals surface area contributed by atoms with E-state index in [-0.39, 0.29) is 24.3 Å². The van der Waals surface area contributed by atoms with Gasteiger partial charge in [0, 0.05) is 24.4 Å². The lowest BCUT2D eigenvalue weighted by atomic mass is 10.0. The van der Waals surface area contributed by atoms with Crippen LogP contribution >= 0.6 is 0 Å². The molecule has 2 heterocycles. The highest BCUT2D eigenvalue weighted by atomic mass is 19.2. The van der Waals surface area contributed by atoms with Crippen LogP contribution < -0.4 is 5.56 Å². The minimum absolute atomic E-state index is 0.0455. The molecular weight excluding hydrogens is 400 g/mol. The van der Waals surface area contributed by atoms with Crippen LogP contribution in [0, 0.1) is 11.6 Å². The Bertz CT molecular complexity index is 1280. The standard InChI is InChI=1S/C24H19F2N3O2/c25-21-8-6-17(12-22(21)26)15-29-10-2-5-20(24(29)31)23(30)9-7-16-3-1-4-18(11-16)19-13-27-28-14-19/h1-6,8,10-14H,7,9,15H2,(H,27,28). The summed E-state index contributed by atoms with van der Waals surface area (Å²) in [6, 6.07) is 14.4. The van der Waals surface area contributed by atoms with Gasteiger partial charge >= 0.3 is 0 Å². The lowest BCUT2D eigenvalue weighted by Gasteiger charge is -2.09. The van der Waals surface area contributed by atoms with E-state index in [9.17, 15) is 18.4 Å². The van der Waals surface area contributed by atoms with Crippen molar-refractivity contribution >= 4 is 5.78 Å². The highest BCUT2D eigenvalue weighted by Gasteiger charge is 2.13. The highest BCUT2D eigenvalue weighted by Crippen LogP contribution is 2.20. The third-order valence-corrected chi connectivity index (χ3v) is 5.06. The molecule has 156 valence electrons. The molecule has 0 aliphatic rings. The number of aryl methyl sites for hydroxylation is 1. The van der Waals surface area contributed by atoms with Crippen molar-refractivity contribution in [2.24, 2.45) is 0 Å². The van der Waals surface area contributed by atoms with Crippen molar-refractivity contribution in [3.05, 3.63) is 112 Å². The van der Waals surface area contributed by atoms with Crippen LogP contribution in [0.25, 0.3) is 11.1 Å². The molecule has 5 nitrogen and oxygen atoms in total. The highest BCUT2D eigenvalue weighted by molar-refractivity contribution is 5.95. The molecule has 0 bridgehead atoms. The minimum atomic E-state index is -0.976. The van der Waals surface area contributed by atoms with Crippen LogP contribution in [0.5, 0.6) is 0 Å². The molecule has 0 fully saturated rings. The lowest BCUT2D eigenvalue weighted by molar-refractivity contribution is 0.0981. The molecule has 0 unspecified atom stereocenters. The van der Waals surface area contributed by atoms with Gasteiger partial charge < -0.3 is 4.57 Å². The molecule has 31 heavy (non-hydrogen) atoms. The van der Waals surface area contributed by atoms with Crippen molar-refractivity contribution in [2.75, 3.05) is 0 Å². The number of hydrogen-bond acceptors (Lipinski definition) is 3. The summed E-state index contributed by atoms with van der Waals surface area (Å²) in [6.07, 6.45) is 5.71. The van der Waals surface area contributed by atoms with Gasteiger partial charge in [-0.05, 0) is 47.4 Å². The number of halogens is 2. The third-order valence-electron chi connectivity index (χ3n) is 5.06. The molecule has 0 aliphatic heterocycles. The Morgan fingerprint density at radius 2 is 1.84 bits per heavy atom.